The van der Waals surface area contributed by atoms with E-state index < -0.39 is 0 Å². The number of amides is 1. The Hall–Kier alpha value is -3.02. The summed E-state index contributed by atoms with van der Waals surface area (Å²) in [5.74, 6) is 1.18. The summed E-state index contributed by atoms with van der Waals surface area (Å²) in [5, 5.41) is 3.81. The third-order valence-electron chi connectivity index (χ3n) is 4.12. The second-order valence-electron chi connectivity index (χ2n) is 5.58. The summed E-state index contributed by atoms with van der Waals surface area (Å²) >= 11 is 0. The van der Waals surface area contributed by atoms with Gasteiger partial charge in [-0.3, -0.25) is 4.79 Å². The molecule has 0 aliphatic carbocycles. The van der Waals surface area contributed by atoms with E-state index in [2.05, 4.69) is 10.3 Å². The van der Waals surface area contributed by atoms with Crippen molar-refractivity contribution >= 4 is 16.9 Å². The van der Waals surface area contributed by atoms with Gasteiger partial charge in [-0.15, -0.1) is 0 Å². The highest BCUT2D eigenvalue weighted by atomic mass is 16.5. The van der Waals surface area contributed by atoms with Crippen LogP contribution in [0.4, 0.5) is 0 Å². The molecule has 0 saturated carbocycles. The number of ether oxygens (including phenoxy) is 2. The molecule has 3 rings (SSSR count). The molecule has 0 aliphatic heterocycles. The molecule has 25 heavy (non-hydrogen) atoms. The maximum Gasteiger partial charge on any atom is 0.253 e. The molecule has 1 aromatic carbocycles. The average molecular weight is 339 g/mol. The molecule has 6 nitrogen and oxygen atoms in total. The number of aromatic nitrogens is 2. The van der Waals surface area contributed by atoms with Gasteiger partial charge in [-0.1, -0.05) is 6.07 Å². The monoisotopic (exact) mass is 339 g/mol. The Balaban J connectivity index is 1.79. The summed E-state index contributed by atoms with van der Waals surface area (Å²) in [6, 6.07) is 9.34. The van der Waals surface area contributed by atoms with Crippen molar-refractivity contribution in [3.63, 3.8) is 0 Å². The number of fused-ring (bicyclic) bond motifs is 1. The lowest BCUT2D eigenvalue weighted by Crippen LogP contribution is -2.22. The van der Waals surface area contributed by atoms with Gasteiger partial charge < -0.3 is 19.4 Å². The largest absolute Gasteiger partial charge is 0.493 e. The third-order valence-corrected chi connectivity index (χ3v) is 4.12. The standard InChI is InChI=1S/C19H21N3O3/c1-4-22-12-15(14-6-5-9-20-18(14)22)19(23)21-11-13-7-8-16(24-2)17(10-13)25-3/h5-10,12H,4,11H2,1-3H3,(H,21,23). The highest BCUT2D eigenvalue weighted by molar-refractivity contribution is 6.06. The van der Waals surface area contributed by atoms with Crippen molar-refractivity contribution < 1.29 is 14.3 Å². The molecule has 0 spiro atoms. The van der Waals surface area contributed by atoms with Crippen LogP contribution in [-0.4, -0.2) is 29.7 Å². The molecule has 2 aromatic heterocycles. The topological polar surface area (TPSA) is 65.4 Å². The molecular weight excluding hydrogens is 318 g/mol. The molecule has 3 aromatic rings. The number of nitrogens with zero attached hydrogens (tertiary/aromatic N) is 2. The minimum atomic E-state index is -0.125. The maximum absolute atomic E-state index is 12.6. The van der Waals surface area contributed by atoms with Crippen molar-refractivity contribution in [2.24, 2.45) is 0 Å². The van der Waals surface area contributed by atoms with Gasteiger partial charge in [-0.2, -0.15) is 0 Å². The van der Waals surface area contributed by atoms with Crippen LogP contribution in [0.2, 0.25) is 0 Å². The molecule has 0 unspecified atom stereocenters. The molecule has 0 fully saturated rings. The van der Waals surface area contributed by atoms with Gasteiger partial charge >= 0.3 is 0 Å². The predicted molar refractivity (Wildman–Crippen MR) is 96.1 cm³/mol. The van der Waals surface area contributed by atoms with E-state index in [4.69, 9.17) is 9.47 Å². The van der Waals surface area contributed by atoms with Crippen molar-refractivity contribution in [2.45, 2.75) is 20.0 Å². The highest BCUT2D eigenvalue weighted by Gasteiger charge is 2.15. The number of hydrogen-bond donors (Lipinski definition) is 1. The fourth-order valence-corrected chi connectivity index (χ4v) is 2.81. The summed E-state index contributed by atoms with van der Waals surface area (Å²) in [6.07, 6.45) is 3.58. The fraction of sp³-hybridized carbons (Fsp3) is 0.263. The molecule has 1 N–H and O–H groups in total. The van der Waals surface area contributed by atoms with Crippen LogP contribution in [-0.2, 0) is 13.1 Å². The normalized spacial score (nSPS) is 10.7. The van der Waals surface area contributed by atoms with Crippen LogP contribution in [0.25, 0.3) is 11.0 Å². The van der Waals surface area contributed by atoms with E-state index in [-0.39, 0.29) is 5.91 Å². The molecule has 1 amide bonds. The first-order valence-corrected chi connectivity index (χ1v) is 8.10. The van der Waals surface area contributed by atoms with Gasteiger partial charge in [0.1, 0.15) is 5.65 Å². The second-order valence-corrected chi connectivity index (χ2v) is 5.58. The zero-order chi connectivity index (χ0) is 17.8. The van der Waals surface area contributed by atoms with Crippen molar-refractivity contribution in [3.05, 3.63) is 53.9 Å². The van der Waals surface area contributed by atoms with E-state index in [0.717, 1.165) is 23.1 Å². The van der Waals surface area contributed by atoms with Gasteiger partial charge in [0.25, 0.3) is 5.91 Å². The number of nitrogens with one attached hydrogen (secondary N) is 1. The van der Waals surface area contributed by atoms with Gasteiger partial charge in [0.05, 0.1) is 19.8 Å². The molecule has 6 heteroatoms. The molecular formula is C19H21N3O3. The first-order chi connectivity index (χ1) is 12.2. The number of benzene rings is 1. The zero-order valence-electron chi connectivity index (χ0n) is 14.6. The van der Waals surface area contributed by atoms with Crippen molar-refractivity contribution in [2.75, 3.05) is 14.2 Å². The minimum Gasteiger partial charge on any atom is -0.493 e. The lowest BCUT2D eigenvalue weighted by atomic mass is 10.1. The third kappa shape index (κ3) is 3.28. The molecule has 0 bridgehead atoms. The van der Waals surface area contributed by atoms with Crippen LogP contribution >= 0.6 is 0 Å². The van der Waals surface area contributed by atoms with E-state index >= 15 is 0 Å². The first-order valence-electron chi connectivity index (χ1n) is 8.10. The minimum absolute atomic E-state index is 0.125. The summed E-state index contributed by atoms with van der Waals surface area (Å²) < 4.78 is 12.5. The highest BCUT2D eigenvalue weighted by Crippen LogP contribution is 2.27. The Kier molecular flexibility index (Phi) is 4.88. The van der Waals surface area contributed by atoms with Gasteiger partial charge in [0.15, 0.2) is 11.5 Å². The van der Waals surface area contributed by atoms with Crippen molar-refractivity contribution in [1.82, 2.24) is 14.9 Å². The quantitative estimate of drug-likeness (QED) is 0.750. The molecule has 0 atom stereocenters. The van der Waals surface area contributed by atoms with E-state index in [9.17, 15) is 4.79 Å². The maximum atomic E-state index is 12.6. The van der Waals surface area contributed by atoms with E-state index in [0.29, 0.717) is 23.6 Å². The van der Waals surface area contributed by atoms with Crippen molar-refractivity contribution in [3.8, 4) is 11.5 Å². The molecule has 2 heterocycles. The summed E-state index contributed by atoms with van der Waals surface area (Å²) in [4.78, 5) is 17.0. The summed E-state index contributed by atoms with van der Waals surface area (Å²) in [7, 11) is 3.18. The molecule has 0 radical (unpaired) electrons. The molecule has 0 saturated heterocycles. The van der Waals surface area contributed by atoms with Gasteiger partial charge in [0.2, 0.25) is 0 Å². The summed E-state index contributed by atoms with van der Waals surface area (Å²) in [6.45, 7) is 3.19. The predicted octanol–water partition coefficient (Wildman–Crippen LogP) is 3.00. The Bertz CT molecular complexity index is 902. The first kappa shape index (κ1) is 16.8. The average Bonchev–Trinajstić information content (AvgIpc) is 3.04. The number of carbonyl (C=O) groups excluding carboxylic acids is 1. The van der Waals surface area contributed by atoms with Crippen LogP contribution in [0.5, 0.6) is 11.5 Å². The zero-order valence-corrected chi connectivity index (χ0v) is 14.6. The lowest BCUT2D eigenvalue weighted by molar-refractivity contribution is 0.0952. The lowest BCUT2D eigenvalue weighted by Gasteiger charge is -2.10. The number of methoxy groups -OCH3 is 2. The van der Waals surface area contributed by atoms with E-state index in [1.807, 2.05) is 48.0 Å². The van der Waals surface area contributed by atoms with E-state index in [1.165, 1.54) is 0 Å². The van der Waals surface area contributed by atoms with Crippen LogP contribution in [0.15, 0.2) is 42.7 Å². The van der Waals surface area contributed by atoms with Gasteiger partial charge in [-0.25, -0.2) is 4.98 Å². The Labute approximate surface area is 146 Å². The molecule has 0 aliphatic rings. The smallest absolute Gasteiger partial charge is 0.253 e. The fourth-order valence-electron chi connectivity index (χ4n) is 2.81. The van der Waals surface area contributed by atoms with E-state index in [1.54, 1.807) is 20.4 Å². The van der Waals surface area contributed by atoms with Gasteiger partial charge in [-0.05, 0) is 36.8 Å². The van der Waals surface area contributed by atoms with Crippen LogP contribution < -0.4 is 14.8 Å². The second kappa shape index (κ2) is 7.25. The molecule has 130 valence electrons. The van der Waals surface area contributed by atoms with Crippen LogP contribution in [0.3, 0.4) is 0 Å². The SMILES string of the molecule is CCn1cc(C(=O)NCc2ccc(OC)c(OC)c2)c2cccnc21. The summed E-state index contributed by atoms with van der Waals surface area (Å²) in [5.41, 5.74) is 2.38. The number of pyridine rings is 1. The van der Waals surface area contributed by atoms with Crippen LogP contribution in [0, 0.1) is 0 Å². The number of aryl methyl sites for hydroxylation is 1. The number of carbonyl (C=O) groups is 1. The Morgan fingerprint density at radius 3 is 2.72 bits per heavy atom. The Morgan fingerprint density at radius 1 is 1.20 bits per heavy atom. The van der Waals surface area contributed by atoms with Crippen LogP contribution in [0.1, 0.15) is 22.8 Å². The van der Waals surface area contributed by atoms with Crippen molar-refractivity contribution in [1.29, 1.82) is 0 Å². The number of hydrogen-bond acceptors (Lipinski definition) is 4. The van der Waals surface area contributed by atoms with Gasteiger partial charge in [0, 0.05) is 30.9 Å². The Morgan fingerprint density at radius 2 is 2.00 bits per heavy atom. The number of rotatable bonds is 6.